The topological polar surface area (TPSA) is 262 Å². The van der Waals surface area contributed by atoms with Gasteiger partial charge in [-0.15, -0.1) is 0 Å². The number of pyridine rings is 2. The molecular weight excluding hydrogens is 1080 g/mol. The molecule has 6 aliphatic rings. The van der Waals surface area contributed by atoms with Gasteiger partial charge in [0.05, 0.1) is 92.3 Å². The van der Waals surface area contributed by atoms with Gasteiger partial charge in [0.2, 0.25) is 31.9 Å². The van der Waals surface area contributed by atoms with Crippen LogP contribution in [0, 0.1) is 0 Å². The maximum Gasteiger partial charge on any atom is 0.237 e. The largest absolute Gasteiger partial charge is 0.339 e. The Morgan fingerprint density at radius 1 is 0.524 bits per heavy atom. The van der Waals surface area contributed by atoms with Gasteiger partial charge in [0, 0.05) is 122 Å². The first-order chi connectivity index (χ1) is 39.3. The predicted molar refractivity (Wildman–Crippen MR) is 312 cm³/mol. The van der Waals surface area contributed by atoms with E-state index >= 15 is 0 Å². The van der Waals surface area contributed by atoms with Gasteiger partial charge >= 0.3 is 0 Å². The number of anilines is 2. The van der Waals surface area contributed by atoms with Crippen molar-refractivity contribution in [2.75, 3.05) is 23.9 Å². The van der Waals surface area contributed by atoms with E-state index in [1.165, 1.54) is 0 Å². The molecule has 420 valence electrons. The maximum absolute atomic E-state index is 14.1. The number of benzene rings is 2. The summed E-state index contributed by atoms with van der Waals surface area (Å²) in [5.41, 5.74) is 12.6. The van der Waals surface area contributed by atoms with E-state index in [0.29, 0.717) is 75.5 Å². The molecule has 0 unspecified atom stereocenters. The van der Waals surface area contributed by atoms with Gasteiger partial charge in [0.1, 0.15) is 11.3 Å². The van der Waals surface area contributed by atoms with E-state index < -0.39 is 30.9 Å². The van der Waals surface area contributed by atoms with E-state index in [-0.39, 0.29) is 34.4 Å². The fourth-order valence-corrected chi connectivity index (χ4v) is 17.4. The van der Waals surface area contributed by atoms with Crippen molar-refractivity contribution in [3.8, 4) is 44.8 Å². The zero-order valence-electron chi connectivity index (χ0n) is 46.1. The number of carbonyl (C=O) groups is 2. The van der Waals surface area contributed by atoms with Crippen LogP contribution in [0.15, 0.2) is 86.0 Å². The molecule has 4 aliphatic carbocycles. The average Bonchev–Trinajstić information content (AvgIpc) is 2.18. The highest BCUT2D eigenvalue weighted by atomic mass is 32.2. The maximum atomic E-state index is 14.1. The van der Waals surface area contributed by atoms with Crippen molar-refractivity contribution < 1.29 is 26.4 Å². The Morgan fingerprint density at radius 2 is 0.939 bits per heavy atom. The number of sulfonamides is 2. The van der Waals surface area contributed by atoms with Crippen LogP contribution in [-0.4, -0.2) is 124 Å². The number of nitrogens with zero attached hydrogens (tertiary/aromatic N) is 12. The quantitative estimate of drug-likeness (QED) is 0.111. The second kappa shape index (κ2) is 17.7. The Bertz CT molecular complexity index is 4330. The van der Waals surface area contributed by atoms with Crippen LogP contribution in [0.3, 0.4) is 0 Å². The summed E-state index contributed by atoms with van der Waals surface area (Å²) in [5, 5.41) is 20.9. The molecule has 4 atom stereocenters. The van der Waals surface area contributed by atoms with E-state index in [9.17, 15) is 26.4 Å². The molecule has 0 radical (unpaired) electrons. The van der Waals surface area contributed by atoms with Gasteiger partial charge in [-0.2, -0.15) is 20.4 Å². The molecule has 10 heterocycles. The first-order valence-corrected chi connectivity index (χ1v) is 30.9. The molecule has 82 heavy (non-hydrogen) atoms. The Hall–Kier alpha value is -8.06. The number of carbonyl (C=O) groups excluding carboxylic acids is 2. The predicted octanol–water partition coefficient (Wildman–Crippen LogP) is 6.73. The Morgan fingerprint density at radius 3 is 1.32 bits per heavy atom. The van der Waals surface area contributed by atoms with Gasteiger partial charge in [0.25, 0.3) is 0 Å². The first kappa shape index (κ1) is 50.9. The second-order valence-electron chi connectivity index (χ2n) is 23.6. The minimum atomic E-state index is -3.38. The summed E-state index contributed by atoms with van der Waals surface area (Å²) in [7, 11) is 4.44. The molecular formula is C58H60N16O6S2. The summed E-state index contributed by atoms with van der Waals surface area (Å²) in [4.78, 5) is 48.3. The van der Waals surface area contributed by atoms with Crippen molar-refractivity contribution in [3.63, 3.8) is 0 Å². The van der Waals surface area contributed by atoms with Crippen molar-refractivity contribution in [3.05, 3.63) is 97.1 Å². The van der Waals surface area contributed by atoms with Crippen LogP contribution in [0.5, 0.6) is 0 Å². The highest BCUT2D eigenvalue weighted by molar-refractivity contribution is 7.90. The summed E-state index contributed by atoms with van der Waals surface area (Å²) in [5.74, 6) is -0.0135. The number of amides is 2. The van der Waals surface area contributed by atoms with E-state index in [2.05, 4.69) is 76.2 Å². The molecule has 0 saturated heterocycles. The van der Waals surface area contributed by atoms with Crippen molar-refractivity contribution in [1.82, 2.24) is 68.5 Å². The molecule has 10 aromatic rings. The monoisotopic (exact) mass is 1140 g/mol. The summed E-state index contributed by atoms with van der Waals surface area (Å²) in [6.45, 7) is 0. The van der Waals surface area contributed by atoms with Gasteiger partial charge in [-0.25, -0.2) is 36.2 Å². The number of rotatable bonds is 10. The van der Waals surface area contributed by atoms with Crippen LogP contribution < -0.4 is 19.2 Å². The molecule has 24 heteroatoms. The lowest BCUT2D eigenvalue weighted by molar-refractivity contribution is -0.123. The van der Waals surface area contributed by atoms with E-state index in [0.717, 1.165) is 99.8 Å². The number of likely N-dealkylation sites (N-methyl/N-ethyl adjacent to an activating group) is 2. The fourth-order valence-electron chi connectivity index (χ4n) is 14.1. The van der Waals surface area contributed by atoms with Gasteiger partial charge in [-0.05, 0) is 99.6 Å². The molecule has 2 aliphatic heterocycles. The third kappa shape index (κ3) is 7.62. The fraction of sp³-hybridized carbons (Fsp3) is 0.379. The number of hydrogen-bond acceptors (Lipinski definition) is 12. The van der Waals surface area contributed by atoms with Crippen molar-refractivity contribution in [2.45, 2.75) is 97.6 Å². The number of H-pyrrole nitrogens is 2. The normalized spacial score (nSPS) is 22.6. The minimum Gasteiger partial charge on any atom is -0.339 e. The lowest BCUT2D eigenvalue weighted by Crippen LogP contribution is -2.40. The van der Waals surface area contributed by atoms with Crippen LogP contribution in [0.4, 0.5) is 11.4 Å². The second-order valence-corrected chi connectivity index (χ2v) is 27.6. The number of nitrogens with one attached hydrogen (secondary N) is 4. The number of aromatic nitrogens is 12. The highest BCUT2D eigenvalue weighted by Gasteiger charge is 2.58. The van der Waals surface area contributed by atoms with E-state index in [1.54, 1.807) is 45.7 Å². The molecule has 2 aromatic carbocycles. The average molecular weight is 1140 g/mol. The SMILES string of the molecule is CN1C(=O)[C@@]2(CC[C@H](NS(=O)(=O)C3CC3)C2)c2c1cnc1[nH]c(-c3cnn(C)c3)c(-c3ccc4c(cnn4C)c3)c21.CN1C(=O)[C@]2(CC[C@@H](NS(=O)(=O)C3CC3)C2)c2c1cnc1[nH]c(-c3cnn(C)c3)c(-c3ccc4c(cnn4C)c3)c21. The highest BCUT2D eigenvalue weighted by Crippen LogP contribution is 2.58. The molecule has 8 aromatic heterocycles. The lowest BCUT2D eigenvalue weighted by Gasteiger charge is -2.24. The van der Waals surface area contributed by atoms with Crippen LogP contribution in [0.25, 0.3) is 88.6 Å². The number of aryl methyl sites for hydroxylation is 4. The first-order valence-electron chi connectivity index (χ1n) is 27.8. The number of aromatic amines is 2. The standard InChI is InChI=1S/2C29H30N8O3S/c2*1-35-15-18(13-31-35)26-23(16-4-7-21-17(10-16)12-32-37(21)3)24-25-22(14-30-27(24)33-26)36(2)28(38)29(25)9-8-19(11-29)34-41(39,40)20-5-6-20/h2*4,7,10,12-15,19-20,34H,5-6,8-9,11H2,1-3H3,(H,30,33)/t2*19-,29+/m10/s1. The molecule has 4 saturated carbocycles. The third-order valence-corrected chi connectivity index (χ3v) is 22.4. The van der Waals surface area contributed by atoms with E-state index in [4.69, 9.17) is 9.97 Å². The molecule has 22 nitrogen and oxygen atoms in total. The van der Waals surface area contributed by atoms with Crippen LogP contribution >= 0.6 is 0 Å². The molecule has 4 N–H and O–H groups in total. The van der Waals surface area contributed by atoms with Crippen molar-refractivity contribution in [1.29, 1.82) is 0 Å². The summed E-state index contributed by atoms with van der Waals surface area (Å²) in [6.07, 6.45) is 20.8. The van der Waals surface area contributed by atoms with Gasteiger partial charge in [-0.1, -0.05) is 12.1 Å². The molecule has 2 amide bonds. The molecule has 4 fully saturated rings. The lowest BCUT2D eigenvalue weighted by atomic mass is 9.77. The zero-order valence-corrected chi connectivity index (χ0v) is 47.7. The van der Waals surface area contributed by atoms with Crippen molar-refractivity contribution in [2.24, 2.45) is 28.2 Å². The smallest absolute Gasteiger partial charge is 0.237 e. The molecule has 0 bridgehead atoms. The number of hydrogen-bond donors (Lipinski definition) is 4. The van der Waals surface area contributed by atoms with Crippen LogP contribution in [-0.2, 0) is 68.7 Å². The summed E-state index contributed by atoms with van der Waals surface area (Å²) >= 11 is 0. The Labute approximate surface area is 471 Å². The third-order valence-electron chi connectivity index (χ3n) is 18.4. The summed E-state index contributed by atoms with van der Waals surface area (Å²) in [6, 6.07) is 12.0. The van der Waals surface area contributed by atoms with Gasteiger partial charge in [-0.3, -0.25) is 28.3 Å². The minimum absolute atomic E-state index is 0.00675. The van der Waals surface area contributed by atoms with Crippen molar-refractivity contribution >= 4 is 87.1 Å². The van der Waals surface area contributed by atoms with Crippen LogP contribution in [0.2, 0.25) is 0 Å². The molecule has 16 rings (SSSR count). The van der Waals surface area contributed by atoms with Gasteiger partial charge < -0.3 is 19.8 Å². The number of fused-ring (bicyclic) bond motifs is 10. The summed E-state index contributed by atoms with van der Waals surface area (Å²) < 4.78 is 64.4. The van der Waals surface area contributed by atoms with Gasteiger partial charge in [0.15, 0.2) is 0 Å². The Balaban J connectivity index is 0.000000140. The Kier molecular flexibility index (Phi) is 11.0. The van der Waals surface area contributed by atoms with Crippen LogP contribution in [0.1, 0.15) is 75.3 Å². The van der Waals surface area contributed by atoms with E-state index in [1.807, 2.05) is 74.7 Å². The molecule has 2 spiro atoms. The zero-order chi connectivity index (χ0) is 56.5.